The number of benzene rings is 2. The molecule has 6 heteroatoms. The van der Waals surface area contributed by atoms with Crippen LogP contribution in [-0.2, 0) is 13.1 Å². The van der Waals surface area contributed by atoms with Crippen molar-refractivity contribution in [2.45, 2.75) is 13.1 Å². The maximum absolute atomic E-state index is 13.5. The average molecular weight is 310 g/mol. The number of aromatic nitrogens is 3. The van der Waals surface area contributed by atoms with Gasteiger partial charge in [-0.3, -0.25) is 4.79 Å². The third-order valence-electron chi connectivity index (χ3n) is 3.36. The molecule has 3 rings (SSSR count). The summed E-state index contributed by atoms with van der Waals surface area (Å²) in [6.45, 7) is 0.644. The third-order valence-corrected chi connectivity index (χ3v) is 3.36. The first kappa shape index (κ1) is 14.9. The standard InChI is InChI=1S/C17H15FN4O/c18-15-9-5-4-8-14(15)10-19-17(23)16-12-22(21-20-16)11-13-6-2-1-3-7-13/h1-9,12H,10-11H2,(H,19,23). The van der Waals surface area contributed by atoms with Crippen molar-refractivity contribution < 1.29 is 9.18 Å². The van der Waals surface area contributed by atoms with E-state index in [9.17, 15) is 9.18 Å². The van der Waals surface area contributed by atoms with Crippen molar-refractivity contribution in [3.8, 4) is 0 Å². The summed E-state index contributed by atoms with van der Waals surface area (Å²) in [5.41, 5.74) is 1.70. The molecule has 1 aromatic heterocycles. The fraction of sp³-hybridized carbons (Fsp3) is 0.118. The number of hydrogen-bond acceptors (Lipinski definition) is 3. The molecule has 0 aliphatic heterocycles. The Balaban J connectivity index is 1.61. The van der Waals surface area contributed by atoms with Crippen molar-refractivity contribution >= 4 is 5.91 Å². The normalized spacial score (nSPS) is 10.5. The first-order valence-corrected chi connectivity index (χ1v) is 7.18. The summed E-state index contributed by atoms with van der Waals surface area (Å²) in [6.07, 6.45) is 1.57. The lowest BCUT2D eigenvalue weighted by atomic mass is 10.2. The van der Waals surface area contributed by atoms with E-state index >= 15 is 0 Å². The number of carbonyl (C=O) groups is 1. The van der Waals surface area contributed by atoms with E-state index in [0.717, 1.165) is 5.56 Å². The second-order valence-corrected chi connectivity index (χ2v) is 5.06. The van der Waals surface area contributed by atoms with Crippen LogP contribution >= 0.6 is 0 Å². The summed E-state index contributed by atoms with van der Waals surface area (Å²) in [5.74, 6) is -0.729. The van der Waals surface area contributed by atoms with Gasteiger partial charge in [0.1, 0.15) is 5.82 Å². The molecule has 0 saturated carbocycles. The van der Waals surface area contributed by atoms with E-state index in [-0.39, 0.29) is 24.0 Å². The predicted octanol–water partition coefficient (Wildman–Crippen LogP) is 2.40. The highest BCUT2D eigenvalue weighted by molar-refractivity contribution is 5.91. The van der Waals surface area contributed by atoms with Gasteiger partial charge in [-0.2, -0.15) is 0 Å². The second-order valence-electron chi connectivity index (χ2n) is 5.06. The minimum absolute atomic E-state index is 0.108. The maximum Gasteiger partial charge on any atom is 0.273 e. The molecule has 0 bridgehead atoms. The van der Waals surface area contributed by atoms with Crippen molar-refractivity contribution in [2.24, 2.45) is 0 Å². The predicted molar refractivity (Wildman–Crippen MR) is 83.1 cm³/mol. The van der Waals surface area contributed by atoms with Crippen LogP contribution in [0.2, 0.25) is 0 Å². The second kappa shape index (κ2) is 6.83. The molecule has 0 fully saturated rings. The summed E-state index contributed by atoms with van der Waals surface area (Å²) >= 11 is 0. The highest BCUT2D eigenvalue weighted by Crippen LogP contribution is 2.06. The van der Waals surface area contributed by atoms with Crippen molar-refractivity contribution in [1.82, 2.24) is 20.3 Å². The zero-order valence-electron chi connectivity index (χ0n) is 12.3. The first-order valence-electron chi connectivity index (χ1n) is 7.18. The molecule has 1 heterocycles. The van der Waals surface area contributed by atoms with Crippen LogP contribution in [0, 0.1) is 5.82 Å². The molecule has 116 valence electrons. The number of hydrogen-bond donors (Lipinski definition) is 1. The van der Waals surface area contributed by atoms with Gasteiger partial charge in [0.2, 0.25) is 0 Å². The van der Waals surface area contributed by atoms with E-state index < -0.39 is 0 Å². The van der Waals surface area contributed by atoms with Gasteiger partial charge in [-0.05, 0) is 11.6 Å². The van der Waals surface area contributed by atoms with E-state index in [4.69, 9.17) is 0 Å². The molecular weight excluding hydrogens is 295 g/mol. The van der Waals surface area contributed by atoms with Gasteiger partial charge in [-0.25, -0.2) is 9.07 Å². The van der Waals surface area contributed by atoms with Crippen LogP contribution in [0.1, 0.15) is 21.6 Å². The summed E-state index contributed by atoms with van der Waals surface area (Å²) in [7, 11) is 0. The lowest BCUT2D eigenvalue weighted by molar-refractivity contribution is 0.0945. The molecule has 0 radical (unpaired) electrons. The molecule has 0 aliphatic carbocycles. The zero-order valence-corrected chi connectivity index (χ0v) is 12.3. The molecule has 0 atom stereocenters. The lowest BCUT2D eigenvalue weighted by Gasteiger charge is -2.04. The van der Waals surface area contributed by atoms with E-state index in [1.807, 2.05) is 30.3 Å². The van der Waals surface area contributed by atoms with Crippen molar-refractivity contribution in [3.05, 3.63) is 83.4 Å². The van der Waals surface area contributed by atoms with E-state index in [1.165, 1.54) is 6.07 Å². The van der Waals surface area contributed by atoms with E-state index in [2.05, 4.69) is 15.6 Å². The Morgan fingerprint density at radius 1 is 1.09 bits per heavy atom. The minimum atomic E-state index is -0.382. The van der Waals surface area contributed by atoms with Crippen molar-refractivity contribution in [2.75, 3.05) is 0 Å². The van der Waals surface area contributed by atoms with E-state index in [0.29, 0.717) is 12.1 Å². The zero-order chi connectivity index (χ0) is 16.1. The average Bonchev–Trinajstić information content (AvgIpc) is 3.03. The van der Waals surface area contributed by atoms with Gasteiger partial charge in [0.25, 0.3) is 5.91 Å². The highest BCUT2D eigenvalue weighted by Gasteiger charge is 2.11. The van der Waals surface area contributed by atoms with Gasteiger partial charge in [-0.15, -0.1) is 5.10 Å². The monoisotopic (exact) mass is 310 g/mol. The molecule has 1 N–H and O–H groups in total. The number of carbonyl (C=O) groups excluding carboxylic acids is 1. The Bertz CT molecular complexity index is 801. The fourth-order valence-corrected chi connectivity index (χ4v) is 2.16. The lowest BCUT2D eigenvalue weighted by Crippen LogP contribution is -2.23. The van der Waals surface area contributed by atoms with Gasteiger partial charge in [0.05, 0.1) is 12.7 Å². The summed E-state index contributed by atoms with van der Waals surface area (Å²) < 4.78 is 15.1. The molecule has 0 saturated heterocycles. The molecule has 3 aromatic rings. The third kappa shape index (κ3) is 3.79. The van der Waals surface area contributed by atoms with E-state index in [1.54, 1.807) is 29.1 Å². The minimum Gasteiger partial charge on any atom is -0.346 e. The van der Waals surface area contributed by atoms with Crippen LogP contribution in [0.4, 0.5) is 4.39 Å². The van der Waals surface area contributed by atoms with Crippen LogP contribution in [0.15, 0.2) is 60.8 Å². The summed E-state index contributed by atoms with van der Waals surface area (Å²) in [6, 6.07) is 16.1. The number of nitrogens with zero attached hydrogens (tertiary/aromatic N) is 3. The Labute approximate surface area is 132 Å². The Hall–Kier alpha value is -3.02. The van der Waals surface area contributed by atoms with Gasteiger partial charge in [0, 0.05) is 12.1 Å². The Morgan fingerprint density at radius 3 is 2.61 bits per heavy atom. The number of rotatable bonds is 5. The van der Waals surface area contributed by atoms with Crippen LogP contribution in [0.25, 0.3) is 0 Å². The smallest absolute Gasteiger partial charge is 0.273 e. The molecule has 1 amide bonds. The van der Waals surface area contributed by atoms with Gasteiger partial charge < -0.3 is 5.32 Å². The molecule has 0 spiro atoms. The fourth-order valence-electron chi connectivity index (χ4n) is 2.16. The maximum atomic E-state index is 13.5. The first-order chi connectivity index (χ1) is 11.2. The molecule has 23 heavy (non-hydrogen) atoms. The highest BCUT2D eigenvalue weighted by atomic mass is 19.1. The quantitative estimate of drug-likeness (QED) is 0.787. The van der Waals surface area contributed by atoms with Crippen molar-refractivity contribution in [3.63, 3.8) is 0 Å². The van der Waals surface area contributed by atoms with Crippen LogP contribution in [0.3, 0.4) is 0 Å². The Morgan fingerprint density at radius 2 is 1.83 bits per heavy atom. The van der Waals surface area contributed by atoms with Gasteiger partial charge in [0.15, 0.2) is 5.69 Å². The summed E-state index contributed by atoms with van der Waals surface area (Å²) in [5, 5.41) is 10.4. The van der Waals surface area contributed by atoms with Gasteiger partial charge in [-0.1, -0.05) is 53.7 Å². The molecular formula is C17H15FN4O. The topological polar surface area (TPSA) is 59.8 Å². The van der Waals surface area contributed by atoms with Crippen LogP contribution in [0.5, 0.6) is 0 Å². The number of amides is 1. The molecule has 5 nitrogen and oxygen atoms in total. The van der Waals surface area contributed by atoms with Crippen molar-refractivity contribution in [1.29, 1.82) is 0 Å². The van der Waals surface area contributed by atoms with Crippen LogP contribution in [-0.4, -0.2) is 20.9 Å². The molecule has 0 aliphatic rings. The van der Waals surface area contributed by atoms with Crippen LogP contribution < -0.4 is 5.32 Å². The SMILES string of the molecule is O=C(NCc1ccccc1F)c1cn(Cc2ccccc2)nn1. The summed E-state index contributed by atoms with van der Waals surface area (Å²) in [4.78, 5) is 12.0. The van der Waals surface area contributed by atoms with Gasteiger partial charge >= 0.3 is 0 Å². The largest absolute Gasteiger partial charge is 0.346 e. The molecule has 2 aromatic carbocycles. The number of nitrogens with one attached hydrogen (secondary N) is 1. The number of halogens is 1. The molecule has 0 unspecified atom stereocenters. The Kier molecular flexibility index (Phi) is 4.42.